The van der Waals surface area contributed by atoms with Gasteiger partial charge in [0, 0.05) is 33.7 Å². The Hall–Kier alpha value is -13.4. The van der Waals surface area contributed by atoms with Gasteiger partial charge in [-0.05, 0) is 221 Å². The minimum atomic E-state index is 1.05. The van der Waals surface area contributed by atoms with E-state index in [9.17, 15) is 0 Å². The van der Waals surface area contributed by atoms with Crippen molar-refractivity contribution in [1.29, 1.82) is 0 Å². The van der Waals surface area contributed by atoms with Gasteiger partial charge in [-0.3, -0.25) is 0 Å². The largest absolute Gasteiger partial charge is 0.310 e. The van der Waals surface area contributed by atoms with Crippen LogP contribution in [-0.4, -0.2) is 0 Å². The van der Waals surface area contributed by atoms with Gasteiger partial charge < -0.3 is 9.80 Å². The highest BCUT2D eigenvalue weighted by Crippen LogP contribution is 2.49. The van der Waals surface area contributed by atoms with Crippen molar-refractivity contribution in [3.63, 3.8) is 0 Å². The molecule has 0 bridgehead atoms. The van der Waals surface area contributed by atoms with E-state index in [1.165, 1.54) is 120 Å². The van der Waals surface area contributed by atoms with Crippen molar-refractivity contribution in [1.82, 2.24) is 0 Å². The maximum atomic E-state index is 2.47. The number of hydrogen-bond donors (Lipinski definition) is 0. The van der Waals surface area contributed by atoms with Gasteiger partial charge in [-0.25, -0.2) is 0 Å². The zero-order valence-electron chi connectivity index (χ0n) is 56.0. The average molecular weight is 1300 g/mol. The molecule has 0 N–H and O–H groups in total. The Morgan fingerprint density at radius 2 is 0.529 bits per heavy atom. The van der Waals surface area contributed by atoms with Crippen molar-refractivity contribution >= 4 is 110 Å². The molecule has 0 saturated carbocycles. The van der Waals surface area contributed by atoms with Crippen molar-refractivity contribution in [2.75, 3.05) is 9.80 Å². The third-order valence-corrected chi connectivity index (χ3v) is 20.8. The molecular formula is C100H66N2. The average Bonchev–Trinajstić information content (AvgIpc) is 0.740. The summed E-state index contributed by atoms with van der Waals surface area (Å²) >= 11 is 0. The standard InChI is InChI=1S/C100H66N2/c1-5-23-67(24-6-1)69-43-52-80(53-44-69)101(96-62-60-84(70-27-9-3-10-28-70)89-40-19-20-41-90(89)96)81-54-45-73(46-55-81)85-42-22-34-75-50-59-92-94(66-79-33-15-18-39-88(79)100(92)98(75)85)77-35-21-36-83(63-77)102(97-61-51-76(68-25-7-2-8-26-68)64-95(97)71-29-11-4-12-30-71)82-56-47-74(48-57-82)93-65-78-32-14-17-38-87(78)99-86-37-16-13-31-72(86)49-58-91(93)99/h1-66H. The fourth-order valence-corrected chi connectivity index (χ4v) is 16.0. The lowest BCUT2D eigenvalue weighted by Crippen LogP contribution is -2.11. The van der Waals surface area contributed by atoms with Crippen LogP contribution in [0.3, 0.4) is 0 Å². The predicted octanol–water partition coefficient (Wildman–Crippen LogP) is 28.4. The quantitative estimate of drug-likeness (QED) is 0.106. The third-order valence-electron chi connectivity index (χ3n) is 20.8. The first-order valence-corrected chi connectivity index (χ1v) is 35.2. The Bertz CT molecular complexity index is 6370. The Morgan fingerprint density at radius 1 is 0.137 bits per heavy atom. The van der Waals surface area contributed by atoms with Gasteiger partial charge in [-0.1, -0.05) is 322 Å². The Balaban J connectivity index is 0.760. The molecule has 0 fully saturated rings. The van der Waals surface area contributed by atoms with Crippen LogP contribution in [0.5, 0.6) is 0 Å². The smallest absolute Gasteiger partial charge is 0.0540 e. The molecule has 0 aliphatic rings. The van der Waals surface area contributed by atoms with Gasteiger partial charge >= 0.3 is 0 Å². The molecule has 0 saturated heterocycles. The maximum Gasteiger partial charge on any atom is 0.0540 e. The highest BCUT2D eigenvalue weighted by Gasteiger charge is 2.24. The summed E-state index contributed by atoms with van der Waals surface area (Å²) in [6.07, 6.45) is 0. The van der Waals surface area contributed by atoms with E-state index in [0.29, 0.717) is 0 Å². The molecule has 19 rings (SSSR count). The number of anilines is 6. The van der Waals surface area contributed by atoms with Crippen molar-refractivity contribution in [3.05, 3.63) is 400 Å². The first-order chi connectivity index (χ1) is 50.6. The fourth-order valence-electron chi connectivity index (χ4n) is 16.0. The van der Waals surface area contributed by atoms with Crippen molar-refractivity contribution in [2.45, 2.75) is 0 Å². The second kappa shape index (κ2) is 25.5. The molecule has 19 aromatic carbocycles. The van der Waals surface area contributed by atoms with E-state index in [2.05, 4.69) is 410 Å². The lowest BCUT2D eigenvalue weighted by atomic mass is 9.87. The van der Waals surface area contributed by atoms with E-state index < -0.39 is 0 Å². The predicted molar refractivity (Wildman–Crippen MR) is 436 cm³/mol. The molecule has 2 nitrogen and oxygen atoms in total. The van der Waals surface area contributed by atoms with Crippen LogP contribution >= 0.6 is 0 Å². The first-order valence-electron chi connectivity index (χ1n) is 35.2. The Kier molecular flexibility index (Phi) is 14.9. The summed E-state index contributed by atoms with van der Waals surface area (Å²) in [5.74, 6) is 0. The van der Waals surface area contributed by atoms with E-state index in [-0.39, 0.29) is 0 Å². The summed E-state index contributed by atoms with van der Waals surface area (Å²) in [5.41, 5.74) is 22.9. The van der Waals surface area contributed by atoms with Crippen LogP contribution in [0.4, 0.5) is 34.1 Å². The molecule has 0 amide bonds. The van der Waals surface area contributed by atoms with Gasteiger partial charge in [0.25, 0.3) is 0 Å². The van der Waals surface area contributed by atoms with E-state index in [1.54, 1.807) is 0 Å². The Labute approximate surface area is 593 Å². The number of benzene rings is 19. The minimum Gasteiger partial charge on any atom is -0.310 e. The second-order valence-electron chi connectivity index (χ2n) is 26.6. The molecule has 0 heterocycles. The summed E-state index contributed by atoms with van der Waals surface area (Å²) < 4.78 is 0. The Morgan fingerprint density at radius 3 is 1.15 bits per heavy atom. The third kappa shape index (κ3) is 10.6. The monoisotopic (exact) mass is 1290 g/mol. The summed E-state index contributed by atoms with van der Waals surface area (Å²) in [6.45, 7) is 0. The molecule has 0 spiro atoms. The van der Waals surface area contributed by atoms with Gasteiger partial charge in [0.1, 0.15) is 0 Å². The summed E-state index contributed by atoms with van der Waals surface area (Å²) in [7, 11) is 0. The maximum absolute atomic E-state index is 2.47. The molecule has 102 heavy (non-hydrogen) atoms. The van der Waals surface area contributed by atoms with Crippen molar-refractivity contribution < 1.29 is 0 Å². The molecule has 19 aromatic rings. The van der Waals surface area contributed by atoms with Gasteiger partial charge in [0.2, 0.25) is 0 Å². The summed E-state index contributed by atoms with van der Waals surface area (Å²) in [5, 5.41) is 17.2. The number of fused-ring (bicyclic) bond motifs is 11. The second-order valence-corrected chi connectivity index (χ2v) is 26.6. The van der Waals surface area contributed by atoms with E-state index in [1.807, 2.05) is 0 Å². The molecule has 0 radical (unpaired) electrons. The van der Waals surface area contributed by atoms with Crippen LogP contribution in [0.1, 0.15) is 0 Å². The van der Waals surface area contributed by atoms with Crippen molar-refractivity contribution in [2.24, 2.45) is 0 Å². The SMILES string of the molecule is c1ccc(-c2ccc(N(c3ccc(-c4cccc5ccc6c(-c7cccc(N(c8ccc(-c9cc%10ccccc%10c%10c9ccc9ccccc9%10)cc8)c8ccc(-c9ccccc9)cc8-c8ccccc8)c7)cc7ccccc7c6c45)cc3)c3ccc(-c4ccccc4)c4ccccc34)cc2)cc1. The molecule has 0 atom stereocenters. The van der Waals surface area contributed by atoms with Crippen molar-refractivity contribution in [3.8, 4) is 77.9 Å². The molecule has 0 unspecified atom stereocenters. The molecule has 2 heteroatoms. The van der Waals surface area contributed by atoms with Crippen LogP contribution in [0.2, 0.25) is 0 Å². The number of rotatable bonds is 13. The zero-order chi connectivity index (χ0) is 67.5. The van der Waals surface area contributed by atoms with E-state index >= 15 is 0 Å². The van der Waals surface area contributed by atoms with Crippen LogP contribution in [0.25, 0.3) is 153 Å². The highest BCUT2D eigenvalue weighted by atomic mass is 15.1. The van der Waals surface area contributed by atoms with Gasteiger partial charge in [-0.2, -0.15) is 0 Å². The summed E-state index contributed by atoms with van der Waals surface area (Å²) in [4.78, 5) is 4.90. The van der Waals surface area contributed by atoms with Gasteiger partial charge in [0.05, 0.1) is 11.4 Å². The molecule has 476 valence electrons. The van der Waals surface area contributed by atoms with Crippen LogP contribution in [-0.2, 0) is 0 Å². The molecule has 0 aliphatic carbocycles. The fraction of sp³-hybridized carbons (Fsp3) is 0. The highest BCUT2D eigenvalue weighted by molar-refractivity contribution is 6.28. The lowest BCUT2D eigenvalue weighted by Gasteiger charge is -2.29. The molecular weight excluding hydrogens is 1230 g/mol. The zero-order valence-corrected chi connectivity index (χ0v) is 56.0. The number of nitrogens with zero attached hydrogens (tertiary/aromatic N) is 2. The minimum absolute atomic E-state index is 1.05. The van der Waals surface area contributed by atoms with E-state index in [4.69, 9.17) is 0 Å². The first kappa shape index (κ1) is 59.8. The lowest BCUT2D eigenvalue weighted by molar-refractivity contribution is 1.28. The summed E-state index contributed by atoms with van der Waals surface area (Å²) in [6, 6.07) is 148. The molecule has 0 aromatic heterocycles. The molecule has 0 aliphatic heterocycles. The van der Waals surface area contributed by atoms with Crippen LogP contribution < -0.4 is 9.80 Å². The van der Waals surface area contributed by atoms with Gasteiger partial charge in [-0.15, -0.1) is 0 Å². The normalized spacial score (nSPS) is 11.5. The van der Waals surface area contributed by atoms with Gasteiger partial charge in [0.15, 0.2) is 0 Å². The van der Waals surface area contributed by atoms with Crippen LogP contribution in [0.15, 0.2) is 400 Å². The topological polar surface area (TPSA) is 6.48 Å². The number of hydrogen-bond acceptors (Lipinski definition) is 2. The van der Waals surface area contributed by atoms with Crippen LogP contribution in [0, 0.1) is 0 Å². The van der Waals surface area contributed by atoms with E-state index in [0.717, 1.165) is 67.5 Å².